The van der Waals surface area contributed by atoms with Crippen molar-refractivity contribution < 1.29 is 4.79 Å². The summed E-state index contributed by atoms with van der Waals surface area (Å²) in [6.45, 7) is 2.80. The van der Waals surface area contributed by atoms with Gasteiger partial charge in [0.15, 0.2) is 0 Å². The number of carbonyl (C=O) groups excluding carboxylic acids is 1. The molecule has 110 valence electrons. The summed E-state index contributed by atoms with van der Waals surface area (Å²) < 4.78 is 0. The van der Waals surface area contributed by atoms with Crippen LogP contribution in [0.1, 0.15) is 17.2 Å². The molecule has 0 aliphatic heterocycles. The molecule has 0 bridgehead atoms. The number of aryl methyl sites for hydroxylation is 1. The maximum absolute atomic E-state index is 11.6. The van der Waals surface area contributed by atoms with Gasteiger partial charge in [0.25, 0.3) is 0 Å². The van der Waals surface area contributed by atoms with E-state index in [0.717, 1.165) is 17.9 Å². The zero-order valence-electron chi connectivity index (χ0n) is 12.1. The smallest absolute Gasteiger partial charge is 0.239 e. The minimum absolute atomic E-state index is 0.346. The van der Waals surface area contributed by atoms with E-state index >= 15 is 0 Å². The van der Waals surface area contributed by atoms with Crippen LogP contribution in [0, 0.1) is 6.92 Å². The highest BCUT2D eigenvalue weighted by Crippen LogP contribution is 2.18. The fourth-order valence-electron chi connectivity index (χ4n) is 2.03. The molecule has 0 unspecified atom stereocenters. The average Bonchev–Trinajstić information content (AvgIpc) is 2.49. The van der Waals surface area contributed by atoms with E-state index in [1.807, 2.05) is 30.3 Å². The van der Waals surface area contributed by atoms with Crippen LogP contribution in [0.5, 0.6) is 0 Å². The van der Waals surface area contributed by atoms with Crippen LogP contribution in [-0.2, 0) is 4.79 Å². The van der Waals surface area contributed by atoms with Gasteiger partial charge in [0.1, 0.15) is 6.04 Å². The molecule has 3 N–H and O–H groups in total. The Bertz CT molecular complexity index is 569. The van der Waals surface area contributed by atoms with Gasteiger partial charge in [-0.1, -0.05) is 48.0 Å². The van der Waals surface area contributed by atoms with Crippen molar-refractivity contribution in [2.24, 2.45) is 5.73 Å². The number of hydrogen-bond donors (Lipinski definition) is 2. The van der Waals surface area contributed by atoms with E-state index < -0.39 is 6.04 Å². The van der Waals surface area contributed by atoms with Crippen LogP contribution in [0.25, 0.3) is 0 Å². The Labute approximate surface area is 129 Å². The molecule has 2 aromatic carbocycles. The van der Waals surface area contributed by atoms with Crippen LogP contribution in [0.2, 0.25) is 0 Å². The summed E-state index contributed by atoms with van der Waals surface area (Å²) in [7, 11) is 0. The molecule has 2 aromatic rings. The lowest BCUT2D eigenvalue weighted by Crippen LogP contribution is -2.34. The lowest BCUT2D eigenvalue weighted by Gasteiger charge is -2.15. The largest absolute Gasteiger partial charge is 0.368 e. The fraction of sp³-hybridized carbons (Fsp3) is 0.235. The summed E-state index contributed by atoms with van der Waals surface area (Å²) in [4.78, 5) is 12.8. The van der Waals surface area contributed by atoms with Gasteiger partial charge in [0, 0.05) is 17.2 Å². The quantitative estimate of drug-likeness (QED) is 0.610. The van der Waals surface area contributed by atoms with E-state index in [1.165, 1.54) is 10.5 Å². The second-order valence-electron chi connectivity index (χ2n) is 4.86. The van der Waals surface area contributed by atoms with Gasteiger partial charge in [-0.25, -0.2) is 0 Å². The predicted octanol–water partition coefficient (Wildman–Crippen LogP) is 2.90. The Morgan fingerprint density at radius 1 is 1.14 bits per heavy atom. The molecule has 1 amide bonds. The molecule has 0 fully saturated rings. The van der Waals surface area contributed by atoms with Crippen LogP contribution in [0.4, 0.5) is 0 Å². The van der Waals surface area contributed by atoms with Crippen molar-refractivity contribution in [2.75, 3.05) is 12.3 Å². The highest BCUT2D eigenvalue weighted by molar-refractivity contribution is 7.99. The lowest BCUT2D eigenvalue weighted by molar-refractivity contribution is -0.120. The molecular formula is C17H20N2OS. The van der Waals surface area contributed by atoms with Gasteiger partial charge in [-0.05, 0) is 24.6 Å². The summed E-state index contributed by atoms with van der Waals surface area (Å²) in [5.74, 6) is 0.543. The number of rotatable bonds is 7. The summed E-state index contributed by atoms with van der Waals surface area (Å²) in [5, 5.41) is 3.22. The SMILES string of the molecule is Cc1ccc(SCCN[C@H](C(N)=O)c2ccccc2)cc1. The van der Waals surface area contributed by atoms with Crippen LogP contribution in [0.15, 0.2) is 59.5 Å². The number of nitrogens with one attached hydrogen (secondary N) is 1. The first-order valence-electron chi connectivity index (χ1n) is 6.94. The fourth-order valence-corrected chi connectivity index (χ4v) is 2.82. The lowest BCUT2D eigenvalue weighted by atomic mass is 10.1. The summed E-state index contributed by atoms with van der Waals surface area (Å²) in [5.41, 5.74) is 7.64. The monoisotopic (exact) mass is 300 g/mol. The van der Waals surface area contributed by atoms with E-state index in [-0.39, 0.29) is 5.91 Å². The van der Waals surface area contributed by atoms with E-state index in [2.05, 4.69) is 36.5 Å². The van der Waals surface area contributed by atoms with Gasteiger partial charge in [-0.15, -0.1) is 11.8 Å². The van der Waals surface area contributed by atoms with Crippen molar-refractivity contribution in [1.29, 1.82) is 0 Å². The first-order chi connectivity index (χ1) is 10.2. The molecule has 1 atom stereocenters. The van der Waals surface area contributed by atoms with E-state index in [4.69, 9.17) is 5.73 Å². The van der Waals surface area contributed by atoms with E-state index in [1.54, 1.807) is 11.8 Å². The van der Waals surface area contributed by atoms with Gasteiger partial charge < -0.3 is 11.1 Å². The molecular weight excluding hydrogens is 280 g/mol. The van der Waals surface area contributed by atoms with Crippen molar-refractivity contribution in [3.05, 3.63) is 65.7 Å². The highest BCUT2D eigenvalue weighted by atomic mass is 32.2. The number of nitrogens with two attached hydrogens (primary N) is 1. The Morgan fingerprint density at radius 3 is 2.43 bits per heavy atom. The molecule has 0 heterocycles. The van der Waals surface area contributed by atoms with Crippen molar-refractivity contribution in [3.63, 3.8) is 0 Å². The Morgan fingerprint density at radius 2 is 1.81 bits per heavy atom. The Hall–Kier alpha value is -1.78. The van der Waals surface area contributed by atoms with Crippen LogP contribution in [-0.4, -0.2) is 18.2 Å². The number of thioether (sulfide) groups is 1. The molecule has 0 aliphatic carbocycles. The number of benzene rings is 2. The zero-order valence-corrected chi connectivity index (χ0v) is 12.9. The molecule has 3 nitrogen and oxygen atoms in total. The summed E-state index contributed by atoms with van der Waals surface area (Å²) in [6.07, 6.45) is 0. The second kappa shape index (κ2) is 7.86. The minimum atomic E-state index is -0.426. The third-order valence-corrected chi connectivity index (χ3v) is 4.17. The molecule has 0 radical (unpaired) electrons. The van der Waals surface area contributed by atoms with Crippen LogP contribution < -0.4 is 11.1 Å². The van der Waals surface area contributed by atoms with Crippen molar-refractivity contribution in [1.82, 2.24) is 5.32 Å². The van der Waals surface area contributed by atoms with Gasteiger partial charge >= 0.3 is 0 Å². The summed E-state index contributed by atoms with van der Waals surface area (Å²) >= 11 is 1.76. The van der Waals surface area contributed by atoms with Crippen molar-refractivity contribution in [3.8, 4) is 0 Å². The molecule has 21 heavy (non-hydrogen) atoms. The molecule has 0 saturated carbocycles. The molecule has 0 spiro atoms. The topological polar surface area (TPSA) is 55.1 Å². The molecule has 0 aliphatic rings. The molecule has 0 saturated heterocycles. The van der Waals surface area contributed by atoms with Gasteiger partial charge in [0.05, 0.1) is 0 Å². The molecule has 4 heteroatoms. The Kier molecular flexibility index (Phi) is 5.84. The van der Waals surface area contributed by atoms with E-state index in [9.17, 15) is 4.79 Å². The number of primary amides is 1. The first kappa shape index (κ1) is 15.6. The summed E-state index contributed by atoms with van der Waals surface area (Å²) in [6, 6.07) is 17.6. The third kappa shape index (κ3) is 4.92. The van der Waals surface area contributed by atoms with Gasteiger partial charge in [0.2, 0.25) is 5.91 Å². The van der Waals surface area contributed by atoms with Crippen molar-refractivity contribution >= 4 is 17.7 Å². The average molecular weight is 300 g/mol. The number of amides is 1. The number of carbonyl (C=O) groups is 1. The maximum atomic E-state index is 11.6. The number of hydrogen-bond acceptors (Lipinski definition) is 3. The Balaban J connectivity index is 1.83. The van der Waals surface area contributed by atoms with Crippen LogP contribution >= 0.6 is 11.8 Å². The molecule has 2 rings (SSSR count). The maximum Gasteiger partial charge on any atom is 0.239 e. The van der Waals surface area contributed by atoms with Gasteiger partial charge in [-0.2, -0.15) is 0 Å². The minimum Gasteiger partial charge on any atom is -0.368 e. The van der Waals surface area contributed by atoms with E-state index in [0.29, 0.717) is 0 Å². The normalized spacial score (nSPS) is 12.0. The van der Waals surface area contributed by atoms with Crippen LogP contribution in [0.3, 0.4) is 0 Å². The predicted molar refractivity (Wildman–Crippen MR) is 88.3 cm³/mol. The van der Waals surface area contributed by atoms with Gasteiger partial charge in [-0.3, -0.25) is 4.79 Å². The highest BCUT2D eigenvalue weighted by Gasteiger charge is 2.16. The first-order valence-corrected chi connectivity index (χ1v) is 7.92. The molecule has 0 aromatic heterocycles. The van der Waals surface area contributed by atoms with Crippen molar-refractivity contribution in [2.45, 2.75) is 17.9 Å². The third-order valence-electron chi connectivity index (χ3n) is 3.16. The standard InChI is InChI=1S/C17H20N2OS/c1-13-7-9-15(10-8-13)21-12-11-19-16(17(18)20)14-5-3-2-4-6-14/h2-10,16,19H,11-12H2,1H3,(H2,18,20)/t16-/m0/s1. The zero-order chi connectivity index (χ0) is 15.1. The second-order valence-corrected chi connectivity index (χ2v) is 6.03.